The van der Waals surface area contributed by atoms with E-state index in [1.54, 1.807) is 13.8 Å². The van der Waals surface area contributed by atoms with E-state index >= 15 is 0 Å². The first-order valence-corrected chi connectivity index (χ1v) is 5.42. The Morgan fingerprint density at radius 2 is 1.25 bits per heavy atom. The summed E-state index contributed by atoms with van der Waals surface area (Å²) in [6, 6.07) is 0. The molecule has 0 rings (SSSR count). The molecule has 94 valence electrons. The van der Waals surface area contributed by atoms with E-state index in [4.69, 9.17) is 10.2 Å². The topological polar surface area (TPSA) is 94.8 Å². The molecular formula is C11H20O5. The van der Waals surface area contributed by atoms with Crippen molar-refractivity contribution < 1.29 is 24.9 Å². The fraction of sp³-hybridized carbons (Fsp3) is 0.818. The van der Waals surface area contributed by atoms with Crippen molar-refractivity contribution in [2.24, 2.45) is 11.8 Å². The molecule has 0 aromatic rings. The van der Waals surface area contributed by atoms with Gasteiger partial charge in [0.15, 0.2) is 0 Å². The van der Waals surface area contributed by atoms with Crippen LogP contribution in [-0.4, -0.2) is 33.4 Å². The number of hydrogen-bond acceptors (Lipinski definition) is 3. The normalized spacial score (nSPS) is 16.4. The van der Waals surface area contributed by atoms with E-state index in [9.17, 15) is 14.7 Å². The molecule has 0 saturated heterocycles. The molecule has 0 aromatic carbocycles. The Morgan fingerprint density at radius 3 is 1.50 bits per heavy atom. The first-order valence-electron chi connectivity index (χ1n) is 5.42. The zero-order chi connectivity index (χ0) is 12.7. The summed E-state index contributed by atoms with van der Waals surface area (Å²) in [7, 11) is 0. The van der Waals surface area contributed by atoms with Crippen LogP contribution in [0.2, 0.25) is 0 Å². The van der Waals surface area contributed by atoms with Gasteiger partial charge >= 0.3 is 11.9 Å². The maximum Gasteiger partial charge on any atom is 0.303 e. The molecule has 2 unspecified atom stereocenters. The molecular weight excluding hydrogens is 212 g/mol. The van der Waals surface area contributed by atoms with Gasteiger partial charge in [-0.3, -0.25) is 9.59 Å². The van der Waals surface area contributed by atoms with E-state index in [1.807, 2.05) is 0 Å². The second-order valence-electron chi connectivity index (χ2n) is 4.53. The maximum absolute atomic E-state index is 10.4. The quantitative estimate of drug-likeness (QED) is 0.587. The molecule has 0 amide bonds. The minimum Gasteiger partial charge on any atom is -0.481 e. The summed E-state index contributed by atoms with van der Waals surface area (Å²) >= 11 is 0. The third kappa shape index (κ3) is 8.23. The zero-order valence-corrected chi connectivity index (χ0v) is 9.72. The lowest BCUT2D eigenvalue weighted by atomic mass is 9.93. The number of carbonyl (C=O) groups is 2. The lowest BCUT2D eigenvalue weighted by Crippen LogP contribution is -2.18. The summed E-state index contributed by atoms with van der Waals surface area (Å²) in [5.74, 6) is -1.94. The maximum atomic E-state index is 10.4. The molecule has 0 fully saturated rings. The van der Waals surface area contributed by atoms with Crippen molar-refractivity contribution in [2.75, 3.05) is 0 Å². The molecule has 0 heterocycles. The number of hydrogen-bond donors (Lipinski definition) is 3. The van der Waals surface area contributed by atoms with Gasteiger partial charge in [0, 0.05) is 12.8 Å². The van der Waals surface area contributed by atoms with Crippen molar-refractivity contribution >= 4 is 11.9 Å². The Bertz CT molecular complexity index is 215. The first kappa shape index (κ1) is 14.9. The third-order valence-electron chi connectivity index (χ3n) is 2.40. The monoisotopic (exact) mass is 232 g/mol. The van der Waals surface area contributed by atoms with Crippen LogP contribution in [0.5, 0.6) is 0 Å². The average Bonchev–Trinajstić information content (AvgIpc) is 1.97. The van der Waals surface area contributed by atoms with Crippen LogP contribution in [0.25, 0.3) is 0 Å². The Kier molecular flexibility index (Phi) is 6.72. The van der Waals surface area contributed by atoms with Crippen molar-refractivity contribution in [3.05, 3.63) is 0 Å². The fourth-order valence-corrected chi connectivity index (χ4v) is 1.79. The van der Waals surface area contributed by atoms with E-state index in [0.29, 0.717) is 12.8 Å². The summed E-state index contributed by atoms with van der Waals surface area (Å²) in [4.78, 5) is 20.8. The Balaban J connectivity index is 3.84. The molecule has 16 heavy (non-hydrogen) atoms. The van der Waals surface area contributed by atoms with Crippen molar-refractivity contribution in [3.63, 3.8) is 0 Å². The van der Waals surface area contributed by atoms with Crippen molar-refractivity contribution in [1.82, 2.24) is 0 Å². The van der Waals surface area contributed by atoms with Crippen LogP contribution in [0.4, 0.5) is 0 Å². The van der Waals surface area contributed by atoms with Gasteiger partial charge in [0.2, 0.25) is 0 Å². The van der Waals surface area contributed by atoms with Gasteiger partial charge in [-0.25, -0.2) is 0 Å². The number of rotatable bonds is 8. The highest BCUT2D eigenvalue weighted by atomic mass is 16.4. The highest BCUT2D eigenvalue weighted by Gasteiger charge is 2.17. The van der Waals surface area contributed by atoms with Gasteiger partial charge in [0.05, 0.1) is 6.10 Å². The molecule has 5 nitrogen and oxygen atoms in total. The van der Waals surface area contributed by atoms with Gasteiger partial charge < -0.3 is 15.3 Å². The summed E-state index contributed by atoms with van der Waals surface area (Å²) in [6.45, 7) is 3.53. The second kappa shape index (κ2) is 7.22. The number of aliphatic carboxylic acids is 2. The van der Waals surface area contributed by atoms with Gasteiger partial charge in [-0.1, -0.05) is 13.8 Å². The zero-order valence-electron chi connectivity index (χ0n) is 9.72. The minimum atomic E-state index is -0.877. The van der Waals surface area contributed by atoms with E-state index in [1.165, 1.54) is 0 Å². The number of aliphatic hydroxyl groups is 1. The molecule has 0 bridgehead atoms. The minimum absolute atomic E-state index is 0.0321. The molecule has 0 aliphatic heterocycles. The molecule has 0 aliphatic carbocycles. The van der Waals surface area contributed by atoms with Gasteiger partial charge in [-0.05, 0) is 24.7 Å². The van der Waals surface area contributed by atoms with Crippen molar-refractivity contribution in [3.8, 4) is 0 Å². The van der Waals surface area contributed by atoms with Gasteiger partial charge in [-0.15, -0.1) is 0 Å². The Labute approximate surface area is 95.1 Å². The van der Waals surface area contributed by atoms with Crippen LogP contribution < -0.4 is 0 Å². The van der Waals surface area contributed by atoms with Crippen LogP contribution in [0.3, 0.4) is 0 Å². The van der Waals surface area contributed by atoms with Gasteiger partial charge in [0.25, 0.3) is 0 Å². The molecule has 0 saturated carbocycles. The SMILES string of the molecule is CC(CC(=O)O)CC(O)CC(C)CC(=O)O. The summed E-state index contributed by atoms with van der Waals surface area (Å²) < 4.78 is 0. The second-order valence-corrected chi connectivity index (χ2v) is 4.53. The summed E-state index contributed by atoms with van der Waals surface area (Å²) in [5.41, 5.74) is 0. The molecule has 2 atom stereocenters. The first-order chi connectivity index (χ1) is 7.31. The smallest absolute Gasteiger partial charge is 0.303 e. The molecule has 0 aromatic heterocycles. The van der Waals surface area contributed by atoms with Gasteiger partial charge in [-0.2, -0.15) is 0 Å². The van der Waals surface area contributed by atoms with E-state index in [2.05, 4.69) is 0 Å². The predicted molar refractivity (Wildman–Crippen MR) is 58.1 cm³/mol. The molecule has 0 aliphatic rings. The predicted octanol–water partition coefficient (Wildman–Crippen LogP) is 1.35. The lowest BCUT2D eigenvalue weighted by molar-refractivity contribution is -0.138. The summed E-state index contributed by atoms with van der Waals surface area (Å²) in [5, 5.41) is 26.7. The van der Waals surface area contributed by atoms with E-state index in [-0.39, 0.29) is 24.7 Å². The Morgan fingerprint density at radius 1 is 0.938 bits per heavy atom. The standard InChI is InChI=1S/C11H20O5/c1-7(5-10(13)14)3-9(12)4-8(2)6-11(15)16/h7-9,12H,3-6H2,1-2H3,(H,13,14)(H,15,16). The van der Waals surface area contributed by atoms with Crippen LogP contribution in [0.1, 0.15) is 39.5 Å². The largest absolute Gasteiger partial charge is 0.481 e. The van der Waals surface area contributed by atoms with Crippen molar-refractivity contribution in [2.45, 2.75) is 45.6 Å². The highest BCUT2D eigenvalue weighted by Crippen LogP contribution is 2.18. The van der Waals surface area contributed by atoms with Crippen LogP contribution in [-0.2, 0) is 9.59 Å². The lowest BCUT2D eigenvalue weighted by Gasteiger charge is -2.17. The molecule has 0 radical (unpaired) electrons. The van der Waals surface area contributed by atoms with Crippen molar-refractivity contribution in [1.29, 1.82) is 0 Å². The highest BCUT2D eigenvalue weighted by molar-refractivity contribution is 5.67. The number of aliphatic hydroxyl groups excluding tert-OH is 1. The van der Waals surface area contributed by atoms with Crippen LogP contribution >= 0.6 is 0 Å². The third-order valence-corrected chi connectivity index (χ3v) is 2.40. The molecule has 0 spiro atoms. The molecule has 3 N–H and O–H groups in total. The summed E-state index contributed by atoms with van der Waals surface area (Å²) in [6.07, 6.45) is 0.241. The van der Waals surface area contributed by atoms with E-state index in [0.717, 1.165) is 0 Å². The van der Waals surface area contributed by atoms with Crippen LogP contribution in [0.15, 0.2) is 0 Å². The van der Waals surface area contributed by atoms with Gasteiger partial charge in [0.1, 0.15) is 0 Å². The fourth-order valence-electron chi connectivity index (χ4n) is 1.79. The van der Waals surface area contributed by atoms with E-state index < -0.39 is 18.0 Å². The van der Waals surface area contributed by atoms with Crippen LogP contribution in [0, 0.1) is 11.8 Å². The Hall–Kier alpha value is -1.10. The molecule has 5 heteroatoms. The average molecular weight is 232 g/mol. The number of carboxylic acids is 2. The number of carboxylic acid groups (broad SMARTS) is 2.